The number of carbonyl (C=O) groups is 2. The van der Waals surface area contributed by atoms with Gasteiger partial charge >= 0.3 is 0 Å². The van der Waals surface area contributed by atoms with Crippen molar-refractivity contribution in [3.8, 4) is 0 Å². The number of nitrogens with one attached hydrogen (secondary N) is 1. The van der Waals surface area contributed by atoms with Crippen LogP contribution in [0.25, 0.3) is 0 Å². The van der Waals surface area contributed by atoms with Gasteiger partial charge in [0, 0.05) is 32.6 Å². The molecule has 2 aliphatic rings. The molecule has 2 unspecified atom stereocenters. The van der Waals surface area contributed by atoms with E-state index < -0.39 is 0 Å². The van der Waals surface area contributed by atoms with Crippen LogP contribution in [0.4, 0.5) is 0 Å². The molecule has 3 N–H and O–H groups in total. The summed E-state index contributed by atoms with van der Waals surface area (Å²) in [6.45, 7) is 3.49. The number of likely N-dealkylation sites (tertiary alicyclic amines) is 1. The van der Waals surface area contributed by atoms with E-state index in [2.05, 4.69) is 5.32 Å². The lowest BCUT2D eigenvalue weighted by molar-refractivity contribution is -0.133. The van der Waals surface area contributed by atoms with Gasteiger partial charge in [-0.15, -0.1) is 0 Å². The molecule has 0 radical (unpaired) electrons. The van der Waals surface area contributed by atoms with Gasteiger partial charge in [-0.1, -0.05) is 0 Å². The molecule has 0 bridgehead atoms. The number of ether oxygens (including phenoxy) is 1. The maximum Gasteiger partial charge on any atom is 0.249 e. The number of nitrogens with two attached hydrogens (primary N) is 1. The quantitative estimate of drug-likeness (QED) is 0.731. The number of amides is 2. The number of piperidine rings is 1. The Balaban J connectivity index is 1.73. The van der Waals surface area contributed by atoms with Gasteiger partial charge in [0.2, 0.25) is 11.8 Å². The molecule has 2 atom stereocenters. The average molecular weight is 269 g/mol. The minimum Gasteiger partial charge on any atom is -0.364 e. The van der Waals surface area contributed by atoms with Crippen molar-refractivity contribution in [2.24, 2.45) is 5.73 Å². The fourth-order valence-electron chi connectivity index (χ4n) is 2.70. The molecule has 0 aliphatic carbocycles. The van der Waals surface area contributed by atoms with Crippen molar-refractivity contribution in [1.29, 1.82) is 0 Å². The predicted molar refractivity (Wildman–Crippen MR) is 70.4 cm³/mol. The summed E-state index contributed by atoms with van der Waals surface area (Å²) in [5.74, 6) is 0.0758. The molecule has 0 aromatic rings. The van der Waals surface area contributed by atoms with Crippen LogP contribution in [0.3, 0.4) is 0 Å². The number of hydrogen-bond donors (Lipinski definition) is 2. The number of hydrogen-bond acceptors (Lipinski definition) is 4. The van der Waals surface area contributed by atoms with E-state index in [0.29, 0.717) is 6.54 Å². The Labute approximate surface area is 113 Å². The molecule has 0 aromatic carbocycles. The largest absolute Gasteiger partial charge is 0.364 e. The highest BCUT2D eigenvalue weighted by atomic mass is 16.5. The van der Waals surface area contributed by atoms with Crippen molar-refractivity contribution in [2.45, 2.75) is 50.9 Å². The topological polar surface area (TPSA) is 84.7 Å². The minimum absolute atomic E-state index is 0.0234. The molecule has 2 aliphatic heterocycles. The van der Waals surface area contributed by atoms with Crippen LogP contribution in [-0.4, -0.2) is 54.6 Å². The molecule has 2 rings (SSSR count). The van der Waals surface area contributed by atoms with Gasteiger partial charge in [0.1, 0.15) is 6.10 Å². The smallest absolute Gasteiger partial charge is 0.249 e. The van der Waals surface area contributed by atoms with E-state index in [1.807, 2.05) is 4.90 Å². The first-order valence-corrected chi connectivity index (χ1v) is 7.01. The maximum atomic E-state index is 12.0. The van der Waals surface area contributed by atoms with Crippen LogP contribution >= 0.6 is 0 Å². The molecular weight excluding hydrogens is 246 g/mol. The van der Waals surface area contributed by atoms with Crippen molar-refractivity contribution < 1.29 is 14.3 Å². The Morgan fingerprint density at radius 1 is 1.26 bits per heavy atom. The highest BCUT2D eigenvalue weighted by Gasteiger charge is 2.31. The molecule has 2 saturated heterocycles. The number of carbonyl (C=O) groups excluding carboxylic acids is 2. The summed E-state index contributed by atoms with van der Waals surface area (Å²) in [4.78, 5) is 25.1. The van der Waals surface area contributed by atoms with Gasteiger partial charge in [-0.2, -0.15) is 0 Å². The third-order valence-corrected chi connectivity index (χ3v) is 3.95. The molecule has 19 heavy (non-hydrogen) atoms. The van der Waals surface area contributed by atoms with Gasteiger partial charge < -0.3 is 20.7 Å². The minimum atomic E-state index is -0.348. The molecule has 0 spiro atoms. The van der Waals surface area contributed by atoms with E-state index in [1.165, 1.54) is 0 Å². The van der Waals surface area contributed by atoms with Gasteiger partial charge in [0.15, 0.2) is 0 Å². The van der Waals surface area contributed by atoms with Crippen LogP contribution in [0, 0.1) is 0 Å². The molecule has 2 amide bonds. The lowest BCUT2D eigenvalue weighted by Crippen LogP contribution is -2.48. The number of nitrogens with zero attached hydrogens (tertiary/aromatic N) is 1. The Hall–Kier alpha value is -1.14. The van der Waals surface area contributed by atoms with Crippen molar-refractivity contribution in [3.63, 3.8) is 0 Å². The standard InChI is InChI=1S/C13H23N3O3/c1-9(17)16-6-4-10(5-7-16)15-13(18)12-3-2-11(8-14)19-12/h10-12H,2-8,14H2,1H3,(H,15,18). The lowest BCUT2D eigenvalue weighted by atomic mass is 10.0. The molecular formula is C13H23N3O3. The number of rotatable bonds is 3. The lowest BCUT2D eigenvalue weighted by Gasteiger charge is -2.32. The summed E-state index contributed by atoms with van der Waals surface area (Å²) in [6.07, 6.45) is 2.92. The third kappa shape index (κ3) is 3.67. The second-order valence-corrected chi connectivity index (χ2v) is 5.35. The first kappa shape index (κ1) is 14.3. The van der Waals surface area contributed by atoms with Crippen molar-refractivity contribution in [2.75, 3.05) is 19.6 Å². The van der Waals surface area contributed by atoms with Crippen LogP contribution in [0.1, 0.15) is 32.6 Å². The highest BCUT2D eigenvalue weighted by molar-refractivity contribution is 5.81. The van der Waals surface area contributed by atoms with Crippen molar-refractivity contribution >= 4 is 11.8 Å². The van der Waals surface area contributed by atoms with Crippen LogP contribution < -0.4 is 11.1 Å². The zero-order valence-electron chi connectivity index (χ0n) is 11.4. The third-order valence-electron chi connectivity index (χ3n) is 3.95. The Bertz CT molecular complexity index is 340. The first-order valence-electron chi connectivity index (χ1n) is 7.01. The van der Waals surface area contributed by atoms with E-state index in [1.54, 1.807) is 6.92 Å². The first-order chi connectivity index (χ1) is 9.10. The van der Waals surface area contributed by atoms with E-state index in [9.17, 15) is 9.59 Å². The van der Waals surface area contributed by atoms with Crippen LogP contribution in [0.15, 0.2) is 0 Å². The van der Waals surface area contributed by atoms with Gasteiger partial charge in [-0.3, -0.25) is 9.59 Å². The second kappa shape index (κ2) is 6.34. The van der Waals surface area contributed by atoms with Gasteiger partial charge in [-0.05, 0) is 25.7 Å². The van der Waals surface area contributed by atoms with Gasteiger partial charge in [0.05, 0.1) is 6.10 Å². The fourth-order valence-corrected chi connectivity index (χ4v) is 2.70. The Morgan fingerprint density at radius 2 is 1.95 bits per heavy atom. The second-order valence-electron chi connectivity index (χ2n) is 5.35. The van der Waals surface area contributed by atoms with E-state index >= 15 is 0 Å². The SMILES string of the molecule is CC(=O)N1CCC(NC(=O)C2CCC(CN)O2)CC1. The molecule has 2 fully saturated rings. The fraction of sp³-hybridized carbons (Fsp3) is 0.846. The summed E-state index contributed by atoms with van der Waals surface area (Å²) < 4.78 is 5.57. The zero-order valence-corrected chi connectivity index (χ0v) is 11.4. The van der Waals surface area contributed by atoms with Crippen LogP contribution in [-0.2, 0) is 14.3 Å². The molecule has 108 valence electrons. The summed E-state index contributed by atoms with van der Waals surface area (Å²) in [7, 11) is 0. The van der Waals surface area contributed by atoms with Gasteiger partial charge in [-0.25, -0.2) is 0 Å². The van der Waals surface area contributed by atoms with E-state index in [0.717, 1.165) is 38.8 Å². The Morgan fingerprint density at radius 3 is 2.47 bits per heavy atom. The summed E-state index contributed by atoms with van der Waals surface area (Å²) >= 11 is 0. The Kier molecular flexibility index (Phi) is 4.76. The molecule has 0 aromatic heterocycles. The average Bonchev–Trinajstić information content (AvgIpc) is 2.88. The molecule has 6 nitrogen and oxygen atoms in total. The summed E-state index contributed by atoms with van der Waals surface area (Å²) in [6, 6.07) is 0.156. The monoisotopic (exact) mass is 269 g/mol. The van der Waals surface area contributed by atoms with E-state index in [-0.39, 0.29) is 30.1 Å². The predicted octanol–water partition coefficient (Wildman–Crippen LogP) is -0.380. The maximum absolute atomic E-state index is 12.0. The summed E-state index contributed by atoms with van der Waals surface area (Å²) in [5, 5.41) is 3.02. The van der Waals surface area contributed by atoms with Crippen LogP contribution in [0.2, 0.25) is 0 Å². The zero-order chi connectivity index (χ0) is 13.8. The summed E-state index contributed by atoms with van der Waals surface area (Å²) in [5.41, 5.74) is 5.53. The molecule has 2 heterocycles. The highest BCUT2D eigenvalue weighted by Crippen LogP contribution is 2.19. The molecule has 0 saturated carbocycles. The van der Waals surface area contributed by atoms with Crippen LogP contribution in [0.5, 0.6) is 0 Å². The van der Waals surface area contributed by atoms with Crippen molar-refractivity contribution in [1.82, 2.24) is 10.2 Å². The molecule has 6 heteroatoms. The van der Waals surface area contributed by atoms with E-state index in [4.69, 9.17) is 10.5 Å². The normalized spacial score (nSPS) is 28.4. The van der Waals surface area contributed by atoms with Crippen molar-refractivity contribution in [3.05, 3.63) is 0 Å². The van der Waals surface area contributed by atoms with Gasteiger partial charge in [0.25, 0.3) is 0 Å².